The molecule has 0 aliphatic carbocycles. The average Bonchev–Trinajstić information content (AvgIpc) is 2.84. The molecule has 0 aliphatic rings. The summed E-state index contributed by atoms with van der Waals surface area (Å²) < 4.78 is 126. The standard InChI is InChI=1S/C25H24ClF9N2O3/c1-4-6-36(7-5-2)20-12-19(26)18(25(33,34)35)11-17(20)21(38)37(22(39)40-3)13-14-8-15(23(27,28)29)10-16(9-14)24(30,31)32/h8-12H,4-7,13H2,1-3H3. The van der Waals surface area contributed by atoms with Crippen molar-refractivity contribution in [2.24, 2.45) is 0 Å². The van der Waals surface area contributed by atoms with E-state index in [1.54, 1.807) is 13.8 Å². The molecule has 2 amide bonds. The smallest absolute Gasteiger partial charge is 0.417 e. The van der Waals surface area contributed by atoms with Gasteiger partial charge in [0.25, 0.3) is 5.91 Å². The lowest BCUT2D eigenvalue weighted by Gasteiger charge is -2.29. The second-order valence-corrected chi connectivity index (χ2v) is 9.02. The lowest BCUT2D eigenvalue weighted by molar-refractivity contribution is -0.143. The normalized spacial score (nSPS) is 12.3. The number of imide groups is 1. The Kier molecular flexibility index (Phi) is 10.4. The highest BCUT2D eigenvalue weighted by Gasteiger charge is 2.39. The molecule has 0 heterocycles. The Bertz CT molecular complexity index is 1190. The molecular formula is C25H24ClF9N2O3. The third-order valence-electron chi connectivity index (χ3n) is 5.58. The van der Waals surface area contributed by atoms with Crippen molar-refractivity contribution in [3.8, 4) is 0 Å². The molecule has 5 nitrogen and oxygen atoms in total. The molecule has 15 heteroatoms. The summed E-state index contributed by atoms with van der Waals surface area (Å²) in [5.41, 5.74) is -6.44. The number of halogens is 10. The number of methoxy groups -OCH3 is 1. The van der Waals surface area contributed by atoms with Gasteiger partial charge in [0, 0.05) is 13.1 Å². The van der Waals surface area contributed by atoms with Crippen molar-refractivity contribution >= 4 is 29.3 Å². The van der Waals surface area contributed by atoms with Crippen molar-refractivity contribution in [2.45, 2.75) is 51.8 Å². The minimum absolute atomic E-state index is 0.111. The van der Waals surface area contributed by atoms with Crippen LogP contribution in [0, 0.1) is 0 Å². The lowest BCUT2D eigenvalue weighted by Crippen LogP contribution is -2.38. The summed E-state index contributed by atoms with van der Waals surface area (Å²) in [5.74, 6) is -1.45. The highest BCUT2D eigenvalue weighted by atomic mass is 35.5. The van der Waals surface area contributed by atoms with E-state index >= 15 is 0 Å². The van der Waals surface area contributed by atoms with Crippen molar-refractivity contribution in [2.75, 3.05) is 25.1 Å². The Balaban J connectivity index is 2.77. The van der Waals surface area contributed by atoms with Gasteiger partial charge in [-0.15, -0.1) is 0 Å². The second kappa shape index (κ2) is 12.6. The Morgan fingerprint density at radius 1 is 0.800 bits per heavy atom. The molecule has 2 aromatic rings. The SMILES string of the molecule is CCCN(CCC)c1cc(Cl)c(C(F)(F)F)cc1C(=O)N(Cc1cc(C(F)(F)F)cc(C(F)(F)F)c1)C(=O)OC. The molecule has 0 spiro atoms. The first-order valence-electron chi connectivity index (χ1n) is 11.7. The van der Waals surface area contributed by atoms with E-state index in [4.69, 9.17) is 11.6 Å². The molecule has 0 saturated carbocycles. The number of rotatable bonds is 8. The van der Waals surface area contributed by atoms with Crippen molar-refractivity contribution in [3.05, 3.63) is 63.2 Å². The zero-order valence-corrected chi connectivity index (χ0v) is 22.1. The summed E-state index contributed by atoms with van der Waals surface area (Å²) in [6.07, 6.45) is -16.0. The number of carbonyl (C=O) groups excluding carboxylic acids is 2. The zero-order chi connectivity index (χ0) is 30.6. The van der Waals surface area contributed by atoms with Crippen molar-refractivity contribution < 1.29 is 53.8 Å². The van der Waals surface area contributed by atoms with Crippen LogP contribution in [0.1, 0.15) is 59.3 Å². The van der Waals surface area contributed by atoms with Crippen LogP contribution in [-0.4, -0.2) is 37.1 Å². The van der Waals surface area contributed by atoms with Gasteiger partial charge in [-0.3, -0.25) is 4.79 Å². The van der Waals surface area contributed by atoms with Gasteiger partial charge in [-0.1, -0.05) is 25.4 Å². The van der Waals surface area contributed by atoms with E-state index in [-0.39, 0.29) is 29.7 Å². The average molecular weight is 607 g/mol. The summed E-state index contributed by atoms with van der Waals surface area (Å²) in [5, 5.41) is -0.756. The topological polar surface area (TPSA) is 49.9 Å². The monoisotopic (exact) mass is 606 g/mol. The Morgan fingerprint density at radius 2 is 1.30 bits per heavy atom. The molecule has 0 unspecified atom stereocenters. The van der Waals surface area contributed by atoms with Gasteiger partial charge in [-0.25, -0.2) is 9.69 Å². The number of benzene rings is 2. The van der Waals surface area contributed by atoms with Crippen LogP contribution in [0.25, 0.3) is 0 Å². The maximum atomic E-state index is 13.7. The minimum Gasteiger partial charge on any atom is -0.452 e. The molecule has 222 valence electrons. The van der Waals surface area contributed by atoms with Gasteiger partial charge in [0.2, 0.25) is 0 Å². The van der Waals surface area contributed by atoms with Gasteiger partial charge < -0.3 is 9.64 Å². The summed E-state index contributed by atoms with van der Waals surface area (Å²) in [4.78, 5) is 27.8. The van der Waals surface area contributed by atoms with Gasteiger partial charge in [0.05, 0.1) is 46.6 Å². The van der Waals surface area contributed by atoms with E-state index in [1.807, 2.05) is 0 Å². The molecule has 0 aromatic heterocycles. The maximum Gasteiger partial charge on any atom is 0.417 e. The third kappa shape index (κ3) is 7.95. The molecule has 2 aromatic carbocycles. The lowest BCUT2D eigenvalue weighted by atomic mass is 10.0. The number of carbonyl (C=O) groups is 2. The quantitative estimate of drug-likeness (QED) is 0.283. The van der Waals surface area contributed by atoms with Crippen LogP contribution in [0.15, 0.2) is 30.3 Å². The largest absolute Gasteiger partial charge is 0.452 e. The molecule has 0 radical (unpaired) electrons. The Labute approximate surface area is 228 Å². The van der Waals surface area contributed by atoms with Crippen LogP contribution in [0.4, 0.5) is 50.0 Å². The van der Waals surface area contributed by atoms with Gasteiger partial charge in [-0.05, 0) is 48.7 Å². The first kappa shape index (κ1) is 33.0. The van der Waals surface area contributed by atoms with Crippen molar-refractivity contribution in [1.29, 1.82) is 0 Å². The summed E-state index contributed by atoms with van der Waals surface area (Å²) in [6.45, 7) is 2.82. The molecule has 0 aliphatic heterocycles. The number of hydrogen-bond donors (Lipinski definition) is 0. The molecular weight excluding hydrogens is 583 g/mol. The van der Waals surface area contributed by atoms with Gasteiger partial charge in [0.15, 0.2) is 0 Å². The fraction of sp³-hybridized carbons (Fsp3) is 0.440. The fourth-order valence-corrected chi connectivity index (χ4v) is 4.14. The van der Waals surface area contributed by atoms with Crippen molar-refractivity contribution in [1.82, 2.24) is 4.90 Å². The van der Waals surface area contributed by atoms with E-state index in [0.717, 1.165) is 13.2 Å². The highest BCUT2D eigenvalue weighted by Crippen LogP contribution is 2.40. The first-order valence-corrected chi connectivity index (χ1v) is 12.1. The van der Waals surface area contributed by atoms with Gasteiger partial charge in [0.1, 0.15) is 0 Å². The molecule has 0 saturated heterocycles. The Morgan fingerprint density at radius 3 is 1.70 bits per heavy atom. The summed E-state index contributed by atoms with van der Waals surface area (Å²) in [6, 6.07) is 1.71. The van der Waals surface area contributed by atoms with Crippen molar-refractivity contribution in [3.63, 3.8) is 0 Å². The van der Waals surface area contributed by atoms with Crippen LogP contribution < -0.4 is 4.90 Å². The molecule has 40 heavy (non-hydrogen) atoms. The van der Waals surface area contributed by atoms with Crippen LogP contribution in [0.5, 0.6) is 0 Å². The summed E-state index contributed by atoms with van der Waals surface area (Å²) >= 11 is 5.88. The Hall–Kier alpha value is -3.16. The van der Waals surface area contributed by atoms with Gasteiger partial charge >= 0.3 is 24.6 Å². The first-order chi connectivity index (χ1) is 18.3. The number of amides is 2. The predicted octanol–water partition coefficient (Wildman–Crippen LogP) is 8.43. The fourth-order valence-electron chi connectivity index (χ4n) is 3.87. The molecule has 0 bridgehead atoms. The zero-order valence-electron chi connectivity index (χ0n) is 21.3. The van der Waals surface area contributed by atoms with E-state index < -0.39 is 69.9 Å². The number of hydrogen-bond acceptors (Lipinski definition) is 4. The molecule has 0 fully saturated rings. The van der Waals surface area contributed by atoms with E-state index in [1.165, 1.54) is 4.90 Å². The van der Waals surface area contributed by atoms with E-state index in [2.05, 4.69) is 4.74 Å². The molecule has 0 N–H and O–H groups in total. The number of alkyl halides is 9. The van der Waals surface area contributed by atoms with Crippen LogP contribution in [-0.2, 0) is 29.8 Å². The van der Waals surface area contributed by atoms with Crippen LogP contribution in [0.2, 0.25) is 5.02 Å². The molecule has 2 rings (SSSR count). The maximum absolute atomic E-state index is 13.7. The van der Waals surface area contributed by atoms with E-state index in [9.17, 15) is 49.1 Å². The van der Waals surface area contributed by atoms with E-state index in [0.29, 0.717) is 31.0 Å². The second-order valence-electron chi connectivity index (χ2n) is 8.61. The predicted molar refractivity (Wildman–Crippen MR) is 128 cm³/mol. The highest BCUT2D eigenvalue weighted by molar-refractivity contribution is 6.32. The number of ether oxygens (including phenoxy) is 1. The van der Waals surface area contributed by atoms with Crippen LogP contribution >= 0.6 is 11.6 Å². The van der Waals surface area contributed by atoms with Crippen LogP contribution in [0.3, 0.4) is 0 Å². The number of anilines is 1. The summed E-state index contributed by atoms with van der Waals surface area (Å²) in [7, 11) is 0.778. The van der Waals surface area contributed by atoms with Gasteiger partial charge in [-0.2, -0.15) is 39.5 Å². The number of nitrogens with zero attached hydrogens (tertiary/aromatic N) is 2. The minimum atomic E-state index is -5.22. The molecule has 0 atom stereocenters. The third-order valence-corrected chi connectivity index (χ3v) is 5.89.